The number of benzene rings is 1. The van der Waals surface area contributed by atoms with Crippen LogP contribution in [0, 0.1) is 18.7 Å². The van der Waals surface area contributed by atoms with Crippen LogP contribution in [0.2, 0.25) is 0 Å². The Morgan fingerprint density at radius 1 is 1.26 bits per heavy atom. The molecule has 1 fully saturated rings. The van der Waals surface area contributed by atoms with E-state index >= 15 is 0 Å². The van der Waals surface area contributed by atoms with Crippen molar-refractivity contribution in [3.8, 4) is 0 Å². The minimum Gasteiger partial charge on any atom is -0.370 e. The molecule has 0 bridgehead atoms. The molecule has 2 aromatic rings. The normalized spacial score (nSPS) is 17.5. The summed E-state index contributed by atoms with van der Waals surface area (Å²) in [6.45, 7) is 7.07. The van der Waals surface area contributed by atoms with Gasteiger partial charge in [0.1, 0.15) is 11.6 Å². The van der Waals surface area contributed by atoms with E-state index in [1.54, 1.807) is 0 Å². The maximum atomic E-state index is 12.9. The molecule has 0 spiro atoms. The summed E-state index contributed by atoms with van der Waals surface area (Å²) in [5.41, 5.74) is 2.08. The molecule has 1 atom stereocenters. The number of hydrogen-bond donors (Lipinski definition) is 1. The minimum atomic E-state index is -0.197. The third kappa shape index (κ3) is 4.18. The molecule has 0 amide bonds. The first-order valence-electron chi connectivity index (χ1n) is 8.19. The Morgan fingerprint density at radius 3 is 2.74 bits per heavy atom. The summed E-state index contributed by atoms with van der Waals surface area (Å²) >= 11 is 0. The number of aromatic nitrogens is 2. The third-order valence-corrected chi connectivity index (χ3v) is 4.18. The van der Waals surface area contributed by atoms with Crippen molar-refractivity contribution in [3.63, 3.8) is 0 Å². The predicted octanol–water partition coefficient (Wildman–Crippen LogP) is 3.42. The average Bonchev–Trinajstić information content (AvgIpc) is 2.95. The molecule has 5 heteroatoms. The van der Waals surface area contributed by atoms with Crippen LogP contribution in [-0.2, 0) is 6.42 Å². The first kappa shape index (κ1) is 15.7. The van der Waals surface area contributed by atoms with Crippen molar-refractivity contribution in [1.82, 2.24) is 9.97 Å². The van der Waals surface area contributed by atoms with Crippen molar-refractivity contribution >= 4 is 11.8 Å². The maximum absolute atomic E-state index is 12.9. The van der Waals surface area contributed by atoms with E-state index in [0.29, 0.717) is 5.92 Å². The smallest absolute Gasteiger partial charge is 0.227 e. The Balaban J connectivity index is 1.61. The van der Waals surface area contributed by atoms with Gasteiger partial charge in [0.25, 0.3) is 0 Å². The summed E-state index contributed by atoms with van der Waals surface area (Å²) in [4.78, 5) is 11.5. The second kappa shape index (κ2) is 6.94. The molecule has 0 saturated carbocycles. The molecule has 1 saturated heterocycles. The van der Waals surface area contributed by atoms with Gasteiger partial charge >= 0.3 is 0 Å². The average molecular weight is 314 g/mol. The van der Waals surface area contributed by atoms with Gasteiger partial charge < -0.3 is 10.2 Å². The van der Waals surface area contributed by atoms with Crippen LogP contribution in [0.25, 0.3) is 0 Å². The molecule has 2 heterocycles. The zero-order valence-electron chi connectivity index (χ0n) is 13.7. The van der Waals surface area contributed by atoms with Crippen molar-refractivity contribution in [2.45, 2.75) is 26.7 Å². The molecule has 1 aromatic carbocycles. The Bertz CT molecular complexity index is 657. The highest BCUT2D eigenvalue weighted by Gasteiger charge is 2.21. The van der Waals surface area contributed by atoms with Gasteiger partial charge in [-0.15, -0.1) is 0 Å². The van der Waals surface area contributed by atoms with E-state index in [1.807, 2.05) is 25.1 Å². The van der Waals surface area contributed by atoms with Gasteiger partial charge in [0.15, 0.2) is 0 Å². The fourth-order valence-electron chi connectivity index (χ4n) is 2.89. The molecule has 3 rings (SSSR count). The van der Waals surface area contributed by atoms with E-state index in [9.17, 15) is 4.39 Å². The highest BCUT2D eigenvalue weighted by molar-refractivity contribution is 5.44. The zero-order valence-corrected chi connectivity index (χ0v) is 13.7. The number of hydrogen-bond acceptors (Lipinski definition) is 4. The number of aryl methyl sites for hydroxylation is 1. The fourth-order valence-corrected chi connectivity index (χ4v) is 2.89. The minimum absolute atomic E-state index is 0.197. The molecule has 1 aromatic heterocycles. The van der Waals surface area contributed by atoms with Crippen LogP contribution < -0.4 is 10.2 Å². The van der Waals surface area contributed by atoms with E-state index in [1.165, 1.54) is 18.6 Å². The first-order valence-corrected chi connectivity index (χ1v) is 8.19. The molecule has 0 radical (unpaired) electrons. The van der Waals surface area contributed by atoms with Crippen molar-refractivity contribution in [3.05, 3.63) is 47.4 Å². The molecular weight excluding hydrogens is 291 g/mol. The number of nitrogens with zero attached hydrogens (tertiary/aromatic N) is 3. The number of rotatable bonds is 5. The third-order valence-electron chi connectivity index (χ3n) is 4.18. The number of halogens is 1. The Morgan fingerprint density at radius 2 is 2.04 bits per heavy atom. The monoisotopic (exact) mass is 314 g/mol. The van der Waals surface area contributed by atoms with Gasteiger partial charge in [-0.2, -0.15) is 4.98 Å². The largest absolute Gasteiger partial charge is 0.370 e. The summed E-state index contributed by atoms with van der Waals surface area (Å²) in [5, 5.41) is 3.35. The van der Waals surface area contributed by atoms with Gasteiger partial charge in [0, 0.05) is 31.4 Å². The highest BCUT2D eigenvalue weighted by Crippen LogP contribution is 2.21. The van der Waals surface area contributed by atoms with Crippen LogP contribution in [0.5, 0.6) is 0 Å². The van der Waals surface area contributed by atoms with Crippen LogP contribution in [0.3, 0.4) is 0 Å². The summed E-state index contributed by atoms with van der Waals surface area (Å²) < 4.78 is 12.9. The Hall–Kier alpha value is -2.17. The van der Waals surface area contributed by atoms with Gasteiger partial charge in [-0.1, -0.05) is 19.1 Å². The van der Waals surface area contributed by atoms with Crippen molar-refractivity contribution in [1.29, 1.82) is 0 Å². The van der Waals surface area contributed by atoms with E-state index in [4.69, 9.17) is 0 Å². The molecular formula is C18H23FN4. The second-order valence-corrected chi connectivity index (χ2v) is 6.34. The summed E-state index contributed by atoms with van der Waals surface area (Å²) in [6.07, 6.45) is 2.03. The topological polar surface area (TPSA) is 41.1 Å². The van der Waals surface area contributed by atoms with Gasteiger partial charge in [0.2, 0.25) is 5.95 Å². The standard InChI is InChI=1S/C18H23FN4/c1-13-8-10-23(12-13)18-21-14(2)11-17(22-18)20-9-7-15-3-5-16(19)6-4-15/h3-6,11,13H,7-10,12H2,1-2H3,(H,20,21,22). The Labute approximate surface area is 136 Å². The van der Waals surface area contributed by atoms with Crippen molar-refractivity contribution in [2.24, 2.45) is 5.92 Å². The molecule has 1 aliphatic heterocycles. The molecule has 122 valence electrons. The molecule has 0 aliphatic carbocycles. The maximum Gasteiger partial charge on any atom is 0.227 e. The van der Waals surface area contributed by atoms with E-state index in [0.717, 1.165) is 49.1 Å². The predicted molar refractivity (Wildman–Crippen MR) is 91.4 cm³/mol. The lowest BCUT2D eigenvalue weighted by Gasteiger charge is -2.17. The van der Waals surface area contributed by atoms with Crippen LogP contribution in [-0.4, -0.2) is 29.6 Å². The van der Waals surface area contributed by atoms with Crippen LogP contribution in [0.15, 0.2) is 30.3 Å². The van der Waals surface area contributed by atoms with Crippen molar-refractivity contribution in [2.75, 3.05) is 29.9 Å². The lowest BCUT2D eigenvalue weighted by Crippen LogP contribution is -2.22. The van der Waals surface area contributed by atoms with Crippen LogP contribution >= 0.6 is 0 Å². The van der Waals surface area contributed by atoms with E-state index in [-0.39, 0.29) is 5.82 Å². The number of nitrogens with one attached hydrogen (secondary N) is 1. The quantitative estimate of drug-likeness (QED) is 0.918. The number of anilines is 2. The fraction of sp³-hybridized carbons (Fsp3) is 0.444. The van der Waals surface area contributed by atoms with Gasteiger partial charge in [-0.05, 0) is 43.4 Å². The second-order valence-electron chi connectivity index (χ2n) is 6.34. The van der Waals surface area contributed by atoms with Crippen molar-refractivity contribution < 1.29 is 4.39 Å². The van der Waals surface area contributed by atoms with Gasteiger partial charge in [-0.3, -0.25) is 0 Å². The van der Waals surface area contributed by atoms with E-state index < -0.39 is 0 Å². The van der Waals surface area contributed by atoms with Crippen LogP contribution in [0.1, 0.15) is 24.6 Å². The summed E-state index contributed by atoms with van der Waals surface area (Å²) in [6, 6.07) is 8.60. The highest BCUT2D eigenvalue weighted by atomic mass is 19.1. The molecule has 1 N–H and O–H groups in total. The molecule has 1 aliphatic rings. The first-order chi connectivity index (χ1) is 11.1. The SMILES string of the molecule is Cc1cc(NCCc2ccc(F)cc2)nc(N2CCC(C)C2)n1. The van der Waals surface area contributed by atoms with Gasteiger partial charge in [-0.25, -0.2) is 9.37 Å². The zero-order chi connectivity index (χ0) is 16.2. The molecule has 23 heavy (non-hydrogen) atoms. The molecule has 4 nitrogen and oxygen atoms in total. The lowest BCUT2D eigenvalue weighted by atomic mass is 10.1. The Kier molecular flexibility index (Phi) is 4.74. The summed E-state index contributed by atoms with van der Waals surface area (Å²) in [5.74, 6) is 2.18. The van der Waals surface area contributed by atoms with E-state index in [2.05, 4.69) is 27.1 Å². The van der Waals surface area contributed by atoms with Crippen LogP contribution in [0.4, 0.5) is 16.2 Å². The molecule has 1 unspecified atom stereocenters. The summed E-state index contributed by atoms with van der Waals surface area (Å²) in [7, 11) is 0. The lowest BCUT2D eigenvalue weighted by molar-refractivity contribution is 0.627. The van der Waals surface area contributed by atoms with Gasteiger partial charge in [0.05, 0.1) is 0 Å².